The Balaban J connectivity index is 1.66. The van der Waals surface area contributed by atoms with Gasteiger partial charge in [-0.25, -0.2) is 0 Å². The summed E-state index contributed by atoms with van der Waals surface area (Å²) in [4.78, 5) is 0. The summed E-state index contributed by atoms with van der Waals surface area (Å²) in [5, 5.41) is 7.06. The van der Waals surface area contributed by atoms with Crippen molar-refractivity contribution < 1.29 is 0 Å². The lowest BCUT2D eigenvalue weighted by molar-refractivity contribution is 0.698. The fourth-order valence-corrected chi connectivity index (χ4v) is 3.18. The first-order valence-corrected chi connectivity index (χ1v) is 7.21. The third-order valence-corrected chi connectivity index (χ3v) is 4.17. The Hall–Kier alpha value is -1.84. The summed E-state index contributed by atoms with van der Waals surface area (Å²) < 4.78 is 1.35. The highest BCUT2D eigenvalue weighted by Crippen LogP contribution is 2.25. The van der Waals surface area contributed by atoms with E-state index in [4.69, 9.17) is 5.73 Å². The number of anilines is 1. The van der Waals surface area contributed by atoms with Crippen LogP contribution in [0.1, 0.15) is 11.1 Å². The smallest absolute Gasteiger partial charge is 0.0346 e. The molecule has 0 amide bonds. The van der Waals surface area contributed by atoms with Crippen LogP contribution in [0.2, 0.25) is 0 Å². The average Bonchev–Trinajstić information content (AvgIpc) is 2.83. The van der Waals surface area contributed by atoms with Crippen LogP contribution < -0.4 is 11.1 Å². The second-order valence-corrected chi connectivity index (χ2v) is 5.52. The molecular weight excluding hydrogens is 252 g/mol. The molecule has 1 heterocycles. The molecule has 0 fully saturated rings. The van der Waals surface area contributed by atoms with E-state index in [1.807, 2.05) is 18.2 Å². The molecule has 3 heteroatoms. The van der Waals surface area contributed by atoms with Gasteiger partial charge in [-0.05, 0) is 40.1 Å². The van der Waals surface area contributed by atoms with Crippen molar-refractivity contribution >= 4 is 27.1 Å². The lowest BCUT2D eigenvalue weighted by Gasteiger charge is -2.05. The Morgan fingerprint density at radius 2 is 1.89 bits per heavy atom. The van der Waals surface area contributed by atoms with E-state index in [1.54, 1.807) is 11.3 Å². The van der Waals surface area contributed by atoms with Crippen molar-refractivity contribution in [1.82, 2.24) is 5.32 Å². The normalized spacial score (nSPS) is 10.9. The maximum absolute atomic E-state index is 5.77. The molecule has 3 N–H and O–H groups in total. The summed E-state index contributed by atoms with van der Waals surface area (Å²) in [5.74, 6) is 0. The van der Waals surface area contributed by atoms with Crippen molar-refractivity contribution in [2.24, 2.45) is 0 Å². The predicted octanol–water partition coefficient (Wildman–Crippen LogP) is 3.77. The van der Waals surface area contributed by atoms with Crippen LogP contribution in [0.15, 0.2) is 53.9 Å². The molecule has 0 spiro atoms. The van der Waals surface area contributed by atoms with E-state index in [1.165, 1.54) is 21.2 Å². The first-order valence-electron chi connectivity index (χ1n) is 6.33. The first kappa shape index (κ1) is 12.2. The minimum absolute atomic E-state index is 0.820. The Kier molecular flexibility index (Phi) is 3.49. The zero-order chi connectivity index (χ0) is 13.1. The van der Waals surface area contributed by atoms with Gasteiger partial charge in [-0.1, -0.05) is 30.3 Å². The summed E-state index contributed by atoms with van der Waals surface area (Å²) in [6.45, 7) is 1.73. The molecule has 0 aliphatic carbocycles. The number of benzene rings is 2. The number of nitrogens with one attached hydrogen (secondary N) is 1. The predicted molar refractivity (Wildman–Crippen MR) is 83.2 cm³/mol. The topological polar surface area (TPSA) is 38.0 Å². The third-order valence-electron chi connectivity index (χ3n) is 3.16. The Morgan fingerprint density at radius 1 is 1.00 bits per heavy atom. The lowest BCUT2D eigenvalue weighted by Crippen LogP contribution is -2.12. The van der Waals surface area contributed by atoms with Crippen LogP contribution in [-0.2, 0) is 13.1 Å². The molecule has 2 aromatic carbocycles. The van der Waals surface area contributed by atoms with Gasteiger partial charge in [0.15, 0.2) is 0 Å². The summed E-state index contributed by atoms with van der Waals surface area (Å²) in [5.41, 5.74) is 9.18. The van der Waals surface area contributed by atoms with Gasteiger partial charge in [-0.2, -0.15) is 0 Å². The van der Waals surface area contributed by atoms with E-state index >= 15 is 0 Å². The average molecular weight is 268 g/mol. The van der Waals surface area contributed by atoms with Gasteiger partial charge in [0.25, 0.3) is 0 Å². The van der Waals surface area contributed by atoms with E-state index in [0.29, 0.717) is 0 Å². The molecule has 0 radical (unpaired) electrons. The van der Waals surface area contributed by atoms with Crippen LogP contribution in [-0.4, -0.2) is 0 Å². The van der Waals surface area contributed by atoms with Gasteiger partial charge in [-0.3, -0.25) is 0 Å². The minimum Gasteiger partial charge on any atom is -0.399 e. The SMILES string of the molecule is Nc1cccc(CNCc2csc3ccccc23)c1. The highest BCUT2D eigenvalue weighted by atomic mass is 32.1. The Labute approximate surface area is 116 Å². The van der Waals surface area contributed by atoms with E-state index in [2.05, 4.69) is 41.0 Å². The Morgan fingerprint density at radius 3 is 2.79 bits per heavy atom. The number of thiophene rings is 1. The van der Waals surface area contributed by atoms with Crippen molar-refractivity contribution in [2.75, 3.05) is 5.73 Å². The quantitative estimate of drug-likeness (QED) is 0.707. The van der Waals surface area contributed by atoms with Gasteiger partial charge in [-0.15, -0.1) is 11.3 Å². The summed E-state index contributed by atoms with van der Waals surface area (Å²) in [6, 6.07) is 16.5. The number of hydrogen-bond donors (Lipinski definition) is 2. The van der Waals surface area contributed by atoms with Crippen molar-refractivity contribution in [3.8, 4) is 0 Å². The molecule has 3 aromatic rings. The molecular formula is C16H16N2S. The van der Waals surface area contributed by atoms with Crippen LogP contribution in [0.3, 0.4) is 0 Å². The second kappa shape index (κ2) is 5.43. The Bertz CT molecular complexity index is 688. The minimum atomic E-state index is 0.820. The van der Waals surface area contributed by atoms with Crippen molar-refractivity contribution in [1.29, 1.82) is 0 Å². The maximum Gasteiger partial charge on any atom is 0.0346 e. The molecule has 0 unspecified atom stereocenters. The highest BCUT2D eigenvalue weighted by molar-refractivity contribution is 7.17. The second-order valence-electron chi connectivity index (χ2n) is 4.61. The van der Waals surface area contributed by atoms with E-state index < -0.39 is 0 Å². The largest absolute Gasteiger partial charge is 0.399 e. The fourth-order valence-electron chi connectivity index (χ4n) is 2.21. The van der Waals surface area contributed by atoms with Gasteiger partial charge in [0, 0.05) is 23.5 Å². The van der Waals surface area contributed by atoms with Crippen molar-refractivity contribution in [3.63, 3.8) is 0 Å². The molecule has 0 saturated heterocycles. The summed E-state index contributed by atoms with van der Waals surface area (Å²) >= 11 is 1.80. The van der Waals surface area contributed by atoms with E-state index in [0.717, 1.165) is 18.8 Å². The number of nitrogens with two attached hydrogens (primary N) is 1. The van der Waals surface area contributed by atoms with Gasteiger partial charge >= 0.3 is 0 Å². The highest BCUT2D eigenvalue weighted by Gasteiger charge is 2.02. The number of nitrogen functional groups attached to an aromatic ring is 1. The van der Waals surface area contributed by atoms with Crippen LogP contribution in [0, 0.1) is 0 Å². The molecule has 3 rings (SSSR count). The van der Waals surface area contributed by atoms with Gasteiger partial charge in [0.05, 0.1) is 0 Å². The molecule has 96 valence electrons. The molecule has 0 aliphatic heterocycles. The standard InChI is InChI=1S/C16H16N2S/c17-14-5-3-4-12(8-14)9-18-10-13-11-19-16-7-2-1-6-15(13)16/h1-8,11,18H,9-10,17H2. The molecule has 0 aliphatic rings. The summed E-state index contributed by atoms with van der Waals surface area (Å²) in [6.07, 6.45) is 0. The third kappa shape index (κ3) is 2.78. The van der Waals surface area contributed by atoms with Crippen LogP contribution >= 0.6 is 11.3 Å². The number of rotatable bonds is 4. The monoisotopic (exact) mass is 268 g/mol. The van der Waals surface area contributed by atoms with E-state index in [-0.39, 0.29) is 0 Å². The molecule has 2 nitrogen and oxygen atoms in total. The molecule has 0 bridgehead atoms. The maximum atomic E-state index is 5.77. The number of hydrogen-bond acceptors (Lipinski definition) is 3. The van der Waals surface area contributed by atoms with Gasteiger partial charge in [0.2, 0.25) is 0 Å². The van der Waals surface area contributed by atoms with E-state index in [9.17, 15) is 0 Å². The lowest BCUT2D eigenvalue weighted by atomic mass is 10.1. The number of fused-ring (bicyclic) bond motifs is 1. The zero-order valence-corrected chi connectivity index (χ0v) is 11.4. The van der Waals surface area contributed by atoms with Crippen LogP contribution in [0.5, 0.6) is 0 Å². The zero-order valence-electron chi connectivity index (χ0n) is 10.6. The van der Waals surface area contributed by atoms with Crippen molar-refractivity contribution in [2.45, 2.75) is 13.1 Å². The first-order chi connectivity index (χ1) is 9.33. The summed E-state index contributed by atoms with van der Waals surface area (Å²) in [7, 11) is 0. The van der Waals surface area contributed by atoms with Gasteiger partial charge < -0.3 is 11.1 Å². The fraction of sp³-hybridized carbons (Fsp3) is 0.125. The molecule has 0 saturated carbocycles. The van der Waals surface area contributed by atoms with Crippen LogP contribution in [0.4, 0.5) is 5.69 Å². The molecule has 0 atom stereocenters. The van der Waals surface area contributed by atoms with Crippen LogP contribution in [0.25, 0.3) is 10.1 Å². The molecule has 1 aromatic heterocycles. The van der Waals surface area contributed by atoms with Gasteiger partial charge in [0.1, 0.15) is 0 Å². The van der Waals surface area contributed by atoms with Crippen molar-refractivity contribution in [3.05, 3.63) is 65.0 Å². The molecule has 19 heavy (non-hydrogen) atoms.